The number of hydrogen-bond acceptors (Lipinski definition) is 7. The Morgan fingerprint density at radius 1 is 1.13 bits per heavy atom. The molecule has 196 valence electrons. The normalized spacial score (nSPS) is 19.0. The summed E-state index contributed by atoms with van der Waals surface area (Å²) in [6.45, 7) is 7.43. The summed E-state index contributed by atoms with van der Waals surface area (Å²) in [5.74, 6) is 0.790. The van der Waals surface area contributed by atoms with Gasteiger partial charge in [-0.05, 0) is 48.9 Å². The molecule has 3 aliphatic heterocycles. The lowest BCUT2D eigenvalue weighted by atomic mass is 9.97. The molecule has 6 rings (SSSR count). The minimum atomic E-state index is -0.383. The maximum atomic E-state index is 14.7. The SMILES string of the molecule is COc1cccc(F)c1-c1ccc2c(c1)/C(=C(\C)Nc1ccc(N3CCN(C4COC4)CC3)nc1)C(=O)N2. The van der Waals surface area contributed by atoms with E-state index in [0.29, 0.717) is 45.4 Å². The Morgan fingerprint density at radius 2 is 1.95 bits per heavy atom. The van der Waals surface area contributed by atoms with Crippen molar-refractivity contribution in [3.63, 3.8) is 0 Å². The quantitative estimate of drug-likeness (QED) is 0.476. The fraction of sp³-hybridized carbons (Fsp3) is 0.310. The Labute approximate surface area is 221 Å². The van der Waals surface area contributed by atoms with Crippen molar-refractivity contribution >= 4 is 28.7 Å². The second kappa shape index (κ2) is 10.1. The number of methoxy groups -OCH3 is 1. The van der Waals surface area contributed by atoms with Crippen molar-refractivity contribution in [2.24, 2.45) is 0 Å². The van der Waals surface area contributed by atoms with Gasteiger partial charge in [0.25, 0.3) is 5.91 Å². The molecule has 0 radical (unpaired) electrons. The number of anilines is 3. The van der Waals surface area contributed by atoms with E-state index in [1.807, 2.05) is 25.1 Å². The van der Waals surface area contributed by atoms with Gasteiger partial charge in [0.15, 0.2) is 0 Å². The number of amides is 1. The number of nitrogens with one attached hydrogen (secondary N) is 2. The highest BCUT2D eigenvalue weighted by molar-refractivity contribution is 6.32. The van der Waals surface area contributed by atoms with Gasteiger partial charge >= 0.3 is 0 Å². The first kappa shape index (κ1) is 24.4. The van der Waals surface area contributed by atoms with Gasteiger partial charge in [0, 0.05) is 43.1 Å². The van der Waals surface area contributed by atoms with Crippen molar-refractivity contribution in [2.75, 3.05) is 62.0 Å². The topological polar surface area (TPSA) is 79.0 Å². The van der Waals surface area contributed by atoms with E-state index >= 15 is 0 Å². The molecule has 0 aliphatic carbocycles. The fourth-order valence-electron chi connectivity index (χ4n) is 5.33. The minimum Gasteiger partial charge on any atom is -0.496 e. The van der Waals surface area contributed by atoms with Gasteiger partial charge in [-0.1, -0.05) is 12.1 Å². The molecule has 0 unspecified atom stereocenters. The van der Waals surface area contributed by atoms with E-state index in [-0.39, 0.29) is 11.7 Å². The van der Waals surface area contributed by atoms with Gasteiger partial charge < -0.3 is 25.0 Å². The molecular weight excluding hydrogens is 485 g/mol. The average Bonchev–Trinajstić information content (AvgIpc) is 3.23. The molecule has 3 aliphatic rings. The zero-order chi connectivity index (χ0) is 26.2. The third-order valence-electron chi connectivity index (χ3n) is 7.48. The molecule has 2 saturated heterocycles. The lowest BCUT2D eigenvalue weighted by Gasteiger charge is -2.42. The molecule has 1 aromatic heterocycles. The molecule has 3 aromatic rings. The van der Waals surface area contributed by atoms with E-state index in [2.05, 4.69) is 25.4 Å². The highest BCUT2D eigenvalue weighted by Gasteiger charge is 2.30. The van der Waals surface area contributed by atoms with E-state index in [9.17, 15) is 9.18 Å². The Morgan fingerprint density at radius 3 is 2.63 bits per heavy atom. The van der Waals surface area contributed by atoms with E-state index < -0.39 is 0 Å². The Bertz CT molecular complexity index is 1400. The number of benzene rings is 2. The summed E-state index contributed by atoms with van der Waals surface area (Å²) in [4.78, 5) is 22.4. The number of fused-ring (bicyclic) bond motifs is 1. The monoisotopic (exact) mass is 515 g/mol. The number of halogens is 1. The molecular formula is C29H30FN5O3. The predicted molar refractivity (Wildman–Crippen MR) is 146 cm³/mol. The molecule has 38 heavy (non-hydrogen) atoms. The first-order chi connectivity index (χ1) is 18.5. The van der Waals surface area contributed by atoms with Crippen molar-refractivity contribution in [3.05, 3.63) is 71.8 Å². The van der Waals surface area contributed by atoms with Crippen LogP contribution in [0, 0.1) is 5.82 Å². The number of rotatable bonds is 6. The zero-order valence-electron chi connectivity index (χ0n) is 21.5. The molecule has 0 spiro atoms. The lowest BCUT2D eigenvalue weighted by molar-refractivity contribution is -0.110. The number of carbonyl (C=O) groups is 1. The van der Waals surface area contributed by atoms with E-state index in [0.717, 1.165) is 50.9 Å². The zero-order valence-corrected chi connectivity index (χ0v) is 21.5. The second-order valence-corrected chi connectivity index (χ2v) is 9.78. The Hall–Kier alpha value is -3.95. The van der Waals surface area contributed by atoms with E-state index in [1.54, 1.807) is 30.5 Å². The van der Waals surface area contributed by atoms with Crippen LogP contribution in [0.4, 0.5) is 21.6 Å². The first-order valence-corrected chi connectivity index (χ1v) is 12.8. The number of carbonyl (C=O) groups excluding carboxylic acids is 1. The van der Waals surface area contributed by atoms with Crippen LogP contribution in [0.1, 0.15) is 12.5 Å². The van der Waals surface area contributed by atoms with Crippen LogP contribution in [0.25, 0.3) is 16.7 Å². The molecule has 0 saturated carbocycles. The summed E-state index contributed by atoms with van der Waals surface area (Å²) >= 11 is 0. The van der Waals surface area contributed by atoms with Crippen LogP contribution >= 0.6 is 0 Å². The molecule has 4 heterocycles. The summed E-state index contributed by atoms with van der Waals surface area (Å²) in [6.07, 6.45) is 1.79. The summed E-state index contributed by atoms with van der Waals surface area (Å²) in [5.41, 5.74) is 4.38. The summed E-state index contributed by atoms with van der Waals surface area (Å²) in [7, 11) is 1.51. The van der Waals surface area contributed by atoms with Gasteiger partial charge in [0.05, 0.1) is 49.4 Å². The van der Waals surface area contributed by atoms with Crippen LogP contribution in [0.2, 0.25) is 0 Å². The maximum Gasteiger partial charge on any atom is 0.258 e. The number of piperazine rings is 1. The average molecular weight is 516 g/mol. The molecule has 2 fully saturated rings. The smallest absolute Gasteiger partial charge is 0.258 e. The molecule has 1 amide bonds. The van der Waals surface area contributed by atoms with E-state index in [4.69, 9.17) is 9.47 Å². The highest BCUT2D eigenvalue weighted by Crippen LogP contribution is 2.40. The van der Waals surface area contributed by atoms with Crippen LogP contribution < -0.4 is 20.3 Å². The number of nitrogens with zero attached hydrogens (tertiary/aromatic N) is 3. The summed E-state index contributed by atoms with van der Waals surface area (Å²) in [6, 6.07) is 14.7. The molecule has 9 heteroatoms. The van der Waals surface area contributed by atoms with Gasteiger partial charge in [-0.15, -0.1) is 0 Å². The third kappa shape index (κ3) is 4.48. The lowest BCUT2D eigenvalue weighted by Crippen LogP contribution is -2.56. The van der Waals surface area contributed by atoms with Crippen LogP contribution in [0.15, 0.2) is 60.4 Å². The summed E-state index contributed by atoms with van der Waals surface area (Å²) in [5, 5.41) is 6.24. The van der Waals surface area contributed by atoms with E-state index in [1.165, 1.54) is 13.2 Å². The minimum absolute atomic E-state index is 0.207. The van der Waals surface area contributed by atoms with Crippen molar-refractivity contribution in [1.29, 1.82) is 0 Å². The number of hydrogen-bond donors (Lipinski definition) is 2. The van der Waals surface area contributed by atoms with Crippen molar-refractivity contribution in [2.45, 2.75) is 13.0 Å². The Kier molecular flexibility index (Phi) is 6.47. The van der Waals surface area contributed by atoms with Crippen LogP contribution in [-0.2, 0) is 9.53 Å². The molecule has 2 N–H and O–H groups in total. The van der Waals surface area contributed by atoms with Gasteiger partial charge in [-0.3, -0.25) is 9.69 Å². The van der Waals surface area contributed by atoms with Gasteiger partial charge in [0.2, 0.25) is 0 Å². The Balaban J connectivity index is 1.21. The van der Waals surface area contributed by atoms with Crippen LogP contribution in [0.3, 0.4) is 0 Å². The van der Waals surface area contributed by atoms with Crippen molar-refractivity contribution < 1.29 is 18.7 Å². The summed E-state index contributed by atoms with van der Waals surface area (Å²) < 4.78 is 25.4. The first-order valence-electron chi connectivity index (χ1n) is 12.8. The standard InChI is InChI=1S/C29H30FN5O3/c1-18(32-20-7-9-26(31-15-20)35-12-10-34(11-13-35)21-16-38-17-21)27-22-14-19(6-8-24(22)33-29(27)36)28-23(30)4-3-5-25(28)37-2/h3-9,14-15,21,32H,10-13,16-17H2,1-2H3,(H,33,36)/b27-18-. The number of ether oxygens (including phenoxy) is 2. The molecule has 0 atom stereocenters. The fourth-order valence-corrected chi connectivity index (χ4v) is 5.33. The maximum absolute atomic E-state index is 14.7. The van der Waals surface area contributed by atoms with Gasteiger partial charge in [0.1, 0.15) is 17.4 Å². The molecule has 2 aromatic carbocycles. The van der Waals surface area contributed by atoms with Crippen LogP contribution in [-0.4, -0.2) is 68.3 Å². The largest absolute Gasteiger partial charge is 0.496 e. The highest BCUT2D eigenvalue weighted by atomic mass is 19.1. The van der Waals surface area contributed by atoms with Gasteiger partial charge in [-0.2, -0.15) is 0 Å². The number of allylic oxidation sites excluding steroid dienone is 1. The third-order valence-corrected chi connectivity index (χ3v) is 7.48. The van der Waals surface area contributed by atoms with Crippen molar-refractivity contribution in [3.8, 4) is 16.9 Å². The molecule has 8 nitrogen and oxygen atoms in total. The van der Waals surface area contributed by atoms with Crippen LogP contribution in [0.5, 0.6) is 5.75 Å². The van der Waals surface area contributed by atoms with Crippen molar-refractivity contribution in [1.82, 2.24) is 9.88 Å². The number of aromatic nitrogens is 1. The molecule has 0 bridgehead atoms. The van der Waals surface area contributed by atoms with Gasteiger partial charge in [-0.25, -0.2) is 9.37 Å². The predicted octanol–water partition coefficient (Wildman–Crippen LogP) is 4.21. The number of pyridine rings is 1. The second-order valence-electron chi connectivity index (χ2n) is 9.78.